The summed E-state index contributed by atoms with van der Waals surface area (Å²) >= 11 is 0. The van der Waals surface area contributed by atoms with Gasteiger partial charge in [0.15, 0.2) is 18.2 Å². The second kappa shape index (κ2) is 8.25. The van der Waals surface area contributed by atoms with Gasteiger partial charge < -0.3 is 24.2 Å². The first kappa shape index (κ1) is 21.6. The minimum Gasteiger partial charge on any atom is -0.389 e. The van der Waals surface area contributed by atoms with E-state index < -0.39 is 30.1 Å². The van der Waals surface area contributed by atoms with E-state index in [2.05, 4.69) is 18.7 Å². The number of likely N-dealkylation sites (tertiary alicyclic amines) is 1. The van der Waals surface area contributed by atoms with Crippen LogP contribution in [-0.4, -0.2) is 66.3 Å². The quantitative estimate of drug-likeness (QED) is 0.679. The van der Waals surface area contributed by atoms with Crippen LogP contribution in [0.25, 0.3) is 0 Å². The van der Waals surface area contributed by atoms with Gasteiger partial charge in [-0.2, -0.15) is 0 Å². The second-order valence-corrected chi connectivity index (χ2v) is 10.6. The zero-order valence-electron chi connectivity index (χ0n) is 18.8. The van der Waals surface area contributed by atoms with Gasteiger partial charge in [-0.25, -0.2) is 9.78 Å². The lowest BCUT2D eigenvalue weighted by Crippen LogP contribution is -2.70. The van der Waals surface area contributed by atoms with Crippen LogP contribution in [0.5, 0.6) is 0 Å². The SMILES string of the molecule is C[C@H]1[C@@H](OCC(O)CN2CCCCC2)O[C@@H]2O[C@@]3(C)CC[C@H]4[C@H](C)CC[C@@H]1[C@@]24OO3. The normalized spacial score (nSPS) is 50.0. The first-order valence-electron chi connectivity index (χ1n) is 12.1. The van der Waals surface area contributed by atoms with Crippen molar-refractivity contribution in [3.05, 3.63) is 0 Å². The number of ether oxygens (including phenoxy) is 3. The summed E-state index contributed by atoms with van der Waals surface area (Å²) in [5.74, 6) is 0.545. The van der Waals surface area contributed by atoms with Crippen molar-refractivity contribution in [1.29, 1.82) is 0 Å². The van der Waals surface area contributed by atoms with E-state index in [1.807, 2.05) is 6.92 Å². The van der Waals surface area contributed by atoms with Gasteiger partial charge in [-0.3, -0.25) is 0 Å². The Morgan fingerprint density at radius 1 is 1.07 bits per heavy atom. The van der Waals surface area contributed by atoms with Crippen LogP contribution in [0, 0.1) is 23.7 Å². The predicted molar refractivity (Wildman–Crippen MR) is 109 cm³/mol. The van der Waals surface area contributed by atoms with Gasteiger partial charge in [0.1, 0.15) is 0 Å². The van der Waals surface area contributed by atoms with Gasteiger partial charge in [0, 0.05) is 24.8 Å². The van der Waals surface area contributed by atoms with Gasteiger partial charge in [-0.15, -0.1) is 0 Å². The highest BCUT2D eigenvalue weighted by atomic mass is 17.3. The molecule has 30 heavy (non-hydrogen) atoms. The molecule has 1 saturated carbocycles. The Bertz CT molecular complexity index is 615. The lowest BCUT2D eigenvalue weighted by molar-refractivity contribution is -0.577. The number of rotatable bonds is 5. The van der Waals surface area contributed by atoms with Crippen LogP contribution in [0.3, 0.4) is 0 Å². The molecule has 1 spiro atoms. The summed E-state index contributed by atoms with van der Waals surface area (Å²) in [6.45, 7) is 9.55. The molecule has 0 aromatic heterocycles. The molecule has 0 aromatic carbocycles. The molecule has 5 heterocycles. The Morgan fingerprint density at radius 3 is 2.67 bits per heavy atom. The van der Waals surface area contributed by atoms with Crippen LogP contribution in [0.1, 0.15) is 65.7 Å². The monoisotopic (exact) mass is 425 g/mol. The topological polar surface area (TPSA) is 69.6 Å². The van der Waals surface area contributed by atoms with Crippen molar-refractivity contribution < 1.29 is 29.1 Å². The average molecular weight is 426 g/mol. The zero-order valence-corrected chi connectivity index (χ0v) is 18.8. The standard InChI is InChI=1S/C23H39NO6/c1-15-7-8-19-16(2)20(26-14-17(25)13-24-11-5-4-6-12-24)27-21-23(19)18(15)9-10-22(3,28-21)29-30-23/h15-21,25H,4-14H2,1-3H3/t15-,16-,17?,18+,19+,20+,21-,22-,23-/m1/s1. The Morgan fingerprint density at radius 2 is 1.87 bits per heavy atom. The number of aliphatic hydroxyl groups excluding tert-OH is 1. The zero-order chi connectivity index (χ0) is 20.9. The van der Waals surface area contributed by atoms with E-state index in [-0.39, 0.29) is 18.4 Å². The molecule has 5 aliphatic heterocycles. The third-order valence-electron chi connectivity index (χ3n) is 8.47. The molecule has 1 unspecified atom stereocenters. The summed E-state index contributed by atoms with van der Waals surface area (Å²) in [5, 5.41) is 10.6. The summed E-state index contributed by atoms with van der Waals surface area (Å²) in [5.41, 5.74) is -0.556. The second-order valence-electron chi connectivity index (χ2n) is 10.6. The van der Waals surface area contributed by atoms with E-state index in [9.17, 15) is 5.11 Å². The molecule has 2 bridgehead atoms. The van der Waals surface area contributed by atoms with Gasteiger partial charge in [-0.05, 0) is 64.0 Å². The molecular formula is C23H39NO6. The third-order valence-corrected chi connectivity index (χ3v) is 8.47. The first-order valence-corrected chi connectivity index (χ1v) is 12.1. The maximum absolute atomic E-state index is 10.6. The maximum Gasteiger partial charge on any atom is 0.201 e. The van der Waals surface area contributed by atoms with Crippen LogP contribution in [0.15, 0.2) is 0 Å². The molecule has 9 atom stereocenters. The molecule has 7 heteroatoms. The third kappa shape index (κ3) is 3.64. The fraction of sp³-hybridized carbons (Fsp3) is 1.00. The molecule has 5 saturated heterocycles. The Balaban J connectivity index is 1.28. The van der Waals surface area contributed by atoms with Crippen LogP contribution >= 0.6 is 0 Å². The predicted octanol–water partition coefficient (Wildman–Crippen LogP) is 3.06. The number of nitrogens with zero attached hydrogens (tertiary/aromatic N) is 1. The van der Waals surface area contributed by atoms with Gasteiger partial charge >= 0.3 is 0 Å². The summed E-state index contributed by atoms with van der Waals surface area (Å²) in [6.07, 6.45) is 6.42. The molecule has 7 nitrogen and oxygen atoms in total. The number of hydrogen-bond donors (Lipinski definition) is 1. The van der Waals surface area contributed by atoms with Crippen molar-refractivity contribution in [2.45, 2.75) is 95.8 Å². The van der Waals surface area contributed by atoms with Crippen molar-refractivity contribution >= 4 is 0 Å². The van der Waals surface area contributed by atoms with Crippen molar-refractivity contribution in [1.82, 2.24) is 4.90 Å². The molecule has 6 rings (SSSR count). The number of aliphatic hydroxyl groups is 1. The van der Waals surface area contributed by atoms with Crippen molar-refractivity contribution in [3.63, 3.8) is 0 Å². The van der Waals surface area contributed by atoms with Crippen LogP contribution in [0.4, 0.5) is 0 Å². The Labute approximate surface area is 180 Å². The number of β-amino-alcohol motifs (C(OH)–C–C–N with tert-alkyl or cyclic N) is 1. The number of fused-ring (bicyclic) bond motifs is 2. The molecule has 6 aliphatic rings. The lowest BCUT2D eigenvalue weighted by Gasteiger charge is -2.60. The van der Waals surface area contributed by atoms with Crippen LogP contribution in [-0.2, 0) is 24.0 Å². The van der Waals surface area contributed by atoms with Crippen molar-refractivity contribution in [2.75, 3.05) is 26.2 Å². The van der Waals surface area contributed by atoms with Crippen molar-refractivity contribution in [2.24, 2.45) is 23.7 Å². The minimum absolute atomic E-state index is 0.146. The van der Waals surface area contributed by atoms with E-state index in [1.54, 1.807) is 0 Å². The summed E-state index contributed by atoms with van der Waals surface area (Å²) in [7, 11) is 0. The fourth-order valence-corrected chi connectivity index (χ4v) is 6.76. The molecule has 1 N–H and O–H groups in total. The van der Waals surface area contributed by atoms with Crippen LogP contribution < -0.4 is 0 Å². The molecule has 1 aliphatic carbocycles. The Kier molecular flexibility index (Phi) is 5.93. The summed E-state index contributed by atoms with van der Waals surface area (Å²) in [4.78, 5) is 14.4. The van der Waals surface area contributed by atoms with E-state index in [0.717, 1.165) is 32.4 Å². The van der Waals surface area contributed by atoms with E-state index >= 15 is 0 Å². The highest BCUT2D eigenvalue weighted by Crippen LogP contribution is 2.60. The number of hydrogen-bond acceptors (Lipinski definition) is 7. The van der Waals surface area contributed by atoms with Gasteiger partial charge in [0.05, 0.1) is 12.7 Å². The van der Waals surface area contributed by atoms with Gasteiger partial charge in [0.2, 0.25) is 5.79 Å². The number of piperidine rings is 1. The molecule has 0 radical (unpaired) electrons. The maximum atomic E-state index is 10.6. The highest BCUT2D eigenvalue weighted by Gasteiger charge is 2.69. The Hall–Kier alpha value is -0.280. The molecule has 0 aromatic rings. The van der Waals surface area contributed by atoms with Crippen molar-refractivity contribution in [3.8, 4) is 0 Å². The van der Waals surface area contributed by atoms with Crippen LogP contribution in [0.2, 0.25) is 0 Å². The van der Waals surface area contributed by atoms with Gasteiger partial charge in [0.25, 0.3) is 0 Å². The van der Waals surface area contributed by atoms with E-state index in [0.29, 0.717) is 18.4 Å². The largest absolute Gasteiger partial charge is 0.389 e. The molecule has 6 fully saturated rings. The molecule has 0 amide bonds. The molecule has 172 valence electrons. The molecular weight excluding hydrogens is 386 g/mol. The smallest absolute Gasteiger partial charge is 0.201 e. The van der Waals surface area contributed by atoms with Gasteiger partial charge in [-0.1, -0.05) is 20.3 Å². The summed E-state index contributed by atoms with van der Waals surface area (Å²) < 4.78 is 19.0. The average Bonchev–Trinajstić information content (AvgIpc) is 2.96. The first-order chi connectivity index (χ1) is 14.4. The van der Waals surface area contributed by atoms with E-state index in [4.69, 9.17) is 24.0 Å². The highest BCUT2D eigenvalue weighted by molar-refractivity contribution is 5.09. The summed E-state index contributed by atoms with van der Waals surface area (Å²) in [6, 6.07) is 0. The van der Waals surface area contributed by atoms with E-state index in [1.165, 1.54) is 25.7 Å². The lowest BCUT2D eigenvalue weighted by atomic mass is 9.58. The fourth-order valence-electron chi connectivity index (χ4n) is 6.76. The minimum atomic E-state index is -0.767.